The molecule has 0 spiro atoms. The normalized spacial score (nSPS) is 14.6. The van der Waals surface area contributed by atoms with Crippen molar-refractivity contribution in [2.75, 3.05) is 19.8 Å². The summed E-state index contributed by atoms with van der Waals surface area (Å²) in [5.41, 5.74) is 4.49. The molecule has 0 saturated carbocycles. The van der Waals surface area contributed by atoms with Gasteiger partial charge in [-0.05, 0) is 59.0 Å². The van der Waals surface area contributed by atoms with Crippen LogP contribution in [0, 0.1) is 6.92 Å². The summed E-state index contributed by atoms with van der Waals surface area (Å²) in [6.07, 6.45) is 0. The van der Waals surface area contributed by atoms with Gasteiger partial charge in [0.1, 0.15) is 24.6 Å². The Hall–Kier alpha value is -2.86. The number of aliphatic carboxylic acids is 1. The molecular formula is C25H23ClO5. The quantitative estimate of drug-likeness (QED) is 0.522. The smallest absolute Gasteiger partial charge is 0.329 e. The van der Waals surface area contributed by atoms with Gasteiger partial charge in [-0.3, -0.25) is 0 Å². The molecule has 0 aromatic heterocycles. The first-order valence-corrected chi connectivity index (χ1v) is 10.4. The predicted molar refractivity (Wildman–Crippen MR) is 118 cm³/mol. The van der Waals surface area contributed by atoms with Crippen LogP contribution in [0.1, 0.15) is 16.7 Å². The van der Waals surface area contributed by atoms with E-state index < -0.39 is 11.6 Å². The molecule has 1 aliphatic heterocycles. The van der Waals surface area contributed by atoms with E-state index in [4.69, 9.17) is 30.9 Å². The van der Waals surface area contributed by atoms with Gasteiger partial charge >= 0.3 is 5.97 Å². The Labute approximate surface area is 186 Å². The second kappa shape index (κ2) is 9.10. The van der Waals surface area contributed by atoms with Crippen LogP contribution in [0.2, 0.25) is 5.02 Å². The highest BCUT2D eigenvalue weighted by atomic mass is 35.5. The van der Waals surface area contributed by atoms with E-state index in [-0.39, 0.29) is 6.61 Å². The highest BCUT2D eigenvalue weighted by Crippen LogP contribution is 2.35. The molecule has 1 N–H and O–H groups in total. The molecule has 0 atom stereocenters. The SMILES string of the molecule is Cc1c(Cl)cccc1-c1cccc(COc2ccc(C3(OCC(=O)O)COC3)cc2)c1. The highest BCUT2D eigenvalue weighted by Gasteiger charge is 2.42. The van der Waals surface area contributed by atoms with Crippen molar-refractivity contribution in [1.29, 1.82) is 0 Å². The molecule has 5 nitrogen and oxygen atoms in total. The molecule has 4 rings (SSSR count). The molecule has 6 heteroatoms. The van der Waals surface area contributed by atoms with Crippen molar-refractivity contribution < 1.29 is 24.1 Å². The monoisotopic (exact) mass is 438 g/mol. The molecular weight excluding hydrogens is 416 g/mol. The van der Waals surface area contributed by atoms with Gasteiger partial charge in [-0.15, -0.1) is 0 Å². The Balaban J connectivity index is 1.43. The molecule has 0 radical (unpaired) electrons. The molecule has 1 fully saturated rings. The van der Waals surface area contributed by atoms with Crippen molar-refractivity contribution in [1.82, 2.24) is 0 Å². The maximum absolute atomic E-state index is 10.8. The van der Waals surface area contributed by atoms with Gasteiger partial charge in [0.15, 0.2) is 0 Å². The van der Waals surface area contributed by atoms with E-state index in [1.807, 2.05) is 55.5 Å². The lowest BCUT2D eigenvalue weighted by Gasteiger charge is -2.41. The summed E-state index contributed by atoms with van der Waals surface area (Å²) < 4.78 is 16.8. The van der Waals surface area contributed by atoms with E-state index in [0.29, 0.717) is 19.8 Å². The second-order valence-electron chi connectivity index (χ2n) is 7.60. The first-order chi connectivity index (χ1) is 15.0. The van der Waals surface area contributed by atoms with Gasteiger partial charge in [0.25, 0.3) is 0 Å². The van der Waals surface area contributed by atoms with E-state index in [0.717, 1.165) is 38.6 Å². The summed E-state index contributed by atoms with van der Waals surface area (Å²) in [5.74, 6) is -0.275. The topological polar surface area (TPSA) is 65.0 Å². The van der Waals surface area contributed by atoms with Crippen LogP contribution in [0.5, 0.6) is 5.75 Å². The fourth-order valence-corrected chi connectivity index (χ4v) is 3.77. The number of carboxylic acid groups (broad SMARTS) is 1. The van der Waals surface area contributed by atoms with Crippen LogP contribution in [0.15, 0.2) is 66.7 Å². The van der Waals surface area contributed by atoms with Gasteiger partial charge in [-0.2, -0.15) is 0 Å². The van der Waals surface area contributed by atoms with Crippen molar-refractivity contribution in [3.8, 4) is 16.9 Å². The summed E-state index contributed by atoms with van der Waals surface area (Å²) in [6, 6.07) is 21.6. The third-order valence-corrected chi connectivity index (χ3v) is 5.84. The fraction of sp³-hybridized carbons (Fsp3) is 0.240. The predicted octanol–water partition coefficient (Wildman–Crippen LogP) is 5.22. The molecule has 3 aromatic carbocycles. The average Bonchev–Trinajstić information content (AvgIpc) is 2.74. The Kier molecular flexibility index (Phi) is 6.28. The molecule has 1 aliphatic rings. The molecule has 160 valence electrons. The van der Waals surface area contributed by atoms with Crippen LogP contribution in [-0.4, -0.2) is 30.9 Å². The standard InChI is InChI=1S/C25H23ClO5/c1-17-22(6-3-7-23(17)26)19-5-2-4-18(12-19)13-30-21-10-8-20(9-11-21)25(15-29-16-25)31-14-24(27)28/h2-12H,13-16H2,1H3,(H,27,28). The summed E-state index contributed by atoms with van der Waals surface area (Å²) in [6.45, 7) is 2.77. The number of rotatable bonds is 8. The van der Waals surface area contributed by atoms with E-state index in [1.54, 1.807) is 0 Å². The number of ether oxygens (including phenoxy) is 3. The number of hydrogen-bond acceptors (Lipinski definition) is 4. The maximum atomic E-state index is 10.8. The Morgan fingerprint density at radius 1 is 1.10 bits per heavy atom. The minimum Gasteiger partial charge on any atom is -0.489 e. The van der Waals surface area contributed by atoms with Crippen LogP contribution in [0.25, 0.3) is 11.1 Å². The zero-order valence-corrected chi connectivity index (χ0v) is 17.9. The second-order valence-corrected chi connectivity index (χ2v) is 8.00. The van der Waals surface area contributed by atoms with Gasteiger partial charge < -0.3 is 19.3 Å². The molecule has 0 amide bonds. The van der Waals surface area contributed by atoms with Crippen LogP contribution < -0.4 is 4.74 Å². The van der Waals surface area contributed by atoms with Crippen LogP contribution in [0.4, 0.5) is 0 Å². The molecule has 0 bridgehead atoms. The zero-order valence-electron chi connectivity index (χ0n) is 17.1. The lowest BCUT2D eigenvalue weighted by Crippen LogP contribution is -2.49. The van der Waals surface area contributed by atoms with Crippen molar-refractivity contribution in [2.24, 2.45) is 0 Å². The van der Waals surface area contributed by atoms with Crippen molar-refractivity contribution in [2.45, 2.75) is 19.1 Å². The number of benzene rings is 3. The number of carbonyl (C=O) groups is 1. The van der Waals surface area contributed by atoms with Crippen LogP contribution in [-0.2, 0) is 26.5 Å². The molecule has 1 heterocycles. The van der Waals surface area contributed by atoms with Crippen molar-refractivity contribution in [3.05, 3.63) is 88.4 Å². The van der Waals surface area contributed by atoms with Gasteiger partial charge in [-0.1, -0.05) is 54.1 Å². The molecule has 3 aromatic rings. The summed E-state index contributed by atoms with van der Waals surface area (Å²) in [4.78, 5) is 10.8. The largest absolute Gasteiger partial charge is 0.489 e. The van der Waals surface area contributed by atoms with Gasteiger partial charge in [0.05, 0.1) is 13.2 Å². The minimum absolute atomic E-state index is 0.343. The summed E-state index contributed by atoms with van der Waals surface area (Å²) >= 11 is 6.27. The molecule has 0 aliphatic carbocycles. The maximum Gasteiger partial charge on any atom is 0.329 e. The van der Waals surface area contributed by atoms with Crippen LogP contribution >= 0.6 is 11.6 Å². The molecule has 0 unspecified atom stereocenters. The third kappa shape index (κ3) is 4.74. The Morgan fingerprint density at radius 3 is 2.52 bits per heavy atom. The van der Waals surface area contributed by atoms with E-state index in [1.165, 1.54) is 0 Å². The zero-order chi connectivity index (χ0) is 21.8. The number of halogens is 1. The summed E-state index contributed by atoms with van der Waals surface area (Å²) in [5, 5.41) is 9.65. The molecule has 31 heavy (non-hydrogen) atoms. The lowest BCUT2D eigenvalue weighted by molar-refractivity contribution is -0.220. The average molecular weight is 439 g/mol. The lowest BCUT2D eigenvalue weighted by atomic mass is 9.91. The molecule has 1 saturated heterocycles. The van der Waals surface area contributed by atoms with E-state index >= 15 is 0 Å². The Morgan fingerprint density at radius 2 is 1.84 bits per heavy atom. The number of carboxylic acids is 1. The number of hydrogen-bond donors (Lipinski definition) is 1. The van der Waals surface area contributed by atoms with Crippen LogP contribution in [0.3, 0.4) is 0 Å². The van der Waals surface area contributed by atoms with Gasteiger partial charge in [-0.25, -0.2) is 4.79 Å². The Bertz CT molecular complexity index is 1070. The first-order valence-electron chi connectivity index (χ1n) is 9.98. The summed E-state index contributed by atoms with van der Waals surface area (Å²) in [7, 11) is 0. The van der Waals surface area contributed by atoms with E-state index in [9.17, 15) is 4.79 Å². The van der Waals surface area contributed by atoms with Gasteiger partial charge in [0.2, 0.25) is 0 Å². The van der Waals surface area contributed by atoms with Crippen molar-refractivity contribution >= 4 is 17.6 Å². The van der Waals surface area contributed by atoms with Gasteiger partial charge in [0, 0.05) is 5.02 Å². The minimum atomic E-state index is -0.999. The first kappa shape index (κ1) is 21.4. The third-order valence-electron chi connectivity index (χ3n) is 5.43. The van der Waals surface area contributed by atoms with Crippen molar-refractivity contribution in [3.63, 3.8) is 0 Å². The highest BCUT2D eigenvalue weighted by molar-refractivity contribution is 6.31. The fourth-order valence-electron chi connectivity index (χ4n) is 3.59. The van der Waals surface area contributed by atoms with E-state index in [2.05, 4.69) is 18.2 Å².